The Bertz CT molecular complexity index is 1010. The minimum atomic E-state index is -1.27. The first-order valence-electron chi connectivity index (χ1n) is 8.85. The van der Waals surface area contributed by atoms with Crippen molar-refractivity contribution < 1.29 is 8.60 Å². The lowest BCUT2D eigenvalue weighted by atomic mass is 10.0. The first-order chi connectivity index (χ1) is 13.6. The molecule has 5 nitrogen and oxygen atoms in total. The number of nitrogens with two attached hydrogens (primary N) is 1. The van der Waals surface area contributed by atoms with Crippen LogP contribution in [0.25, 0.3) is 22.4 Å². The van der Waals surface area contributed by atoms with Crippen molar-refractivity contribution in [1.29, 1.82) is 0 Å². The Hall–Kier alpha value is -2.29. The van der Waals surface area contributed by atoms with Crippen LogP contribution in [0.15, 0.2) is 59.8 Å². The van der Waals surface area contributed by atoms with Gasteiger partial charge in [-0.15, -0.1) is 0 Å². The largest absolute Gasteiger partial charge is 0.382 e. The van der Waals surface area contributed by atoms with Gasteiger partial charge < -0.3 is 5.73 Å². The van der Waals surface area contributed by atoms with E-state index >= 15 is 0 Å². The molecule has 1 aliphatic rings. The lowest BCUT2D eigenvalue weighted by Crippen LogP contribution is -2.34. The second-order valence-corrected chi connectivity index (χ2v) is 8.99. The summed E-state index contributed by atoms with van der Waals surface area (Å²) >= 11 is 1.87. The average Bonchev–Trinajstić information content (AvgIpc) is 2.74. The summed E-state index contributed by atoms with van der Waals surface area (Å²) in [6, 6.07) is 12.4. The molecule has 1 fully saturated rings. The molecular weight excluding hydrogens is 395 g/mol. The van der Waals surface area contributed by atoms with Crippen molar-refractivity contribution in [2.24, 2.45) is 0 Å². The molecule has 0 radical (unpaired) electrons. The lowest BCUT2D eigenvalue weighted by molar-refractivity contribution is 0.487. The van der Waals surface area contributed by atoms with Gasteiger partial charge in [0.1, 0.15) is 22.6 Å². The zero-order chi connectivity index (χ0) is 19.5. The first-order valence-corrected chi connectivity index (χ1v) is 11.1. The molecule has 8 heteroatoms. The Labute approximate surface area is 169 Å². The summed E-state index contributed by atoms with van der Waals surface area (Å²) in [7, 11) is -1.27. The SMILES string of the molecule is Nc1cnc(-c2ccc(-c3ccccc3S(=O)N3CCSCC3)cc2F)cn1. The van der Waals surface area contributed by atoms with Crippen molar-refractivity contribution in [3.05, 3.63) is 60.7 Å². The van der Waals surface area contributed by atoms with Gasteiger partial charge in [0.05, 0.1) is 23.0 Å². The van der Waals surface area contributed by atoms with Crippen LogP contribution >= 0.6 is 11.8 Å². The fourth-order valence-corrected chi connectivity index (χ4v) is 5.57. The van der Waals surface area contributed by atoms with Gasteiger partial charge in [-0.1, -0.05) is 24.3 Å². The van der Waals surface area contributed by atoms with Crippen LogP contribution in [-0.4, -0.2) is 43.1 Å². The molecule has 144 valence electrons. The number of halogens is 1. The molecule has 0 spiro atoms. The molecule has 0 bridgehead atoms. The number of thioether (sulfide) groups is 1. The number of benzene rings is 2. The molecule has 2 heterocycles. The minimum Gasteiger partial charge on any atom is -0.382 e. The van der Waals surface area contributed by atoms with E-state index in [4.69, 9.17) is 5.73 Å². The van der Waals surface area contributed by atoms with E-state index < -0.39 is 16.8 Å². The Kier molecular flexibility index (Phi) is 5.70. The van der Waals surface area contributed by atoms with Gasteiger partial charge in [-0.25, -0.2) is 17.9 Å². The number of aromatic nitrogens is 2. The van der Waals surface area contributed by atoms with Crippen LogP contribution in [0.3, 0.4) is 0 Å². The fraction of sp³-hybridized carbons (Fsp3) is 0.200. The van der Waals surface area contributed by atoms with Crippen LogP contribution in [0, 0.1) is 5.82 Å². The van der Waals surface area contributed by atoms with E-state index in [1.165, 1.54) is 18.5 Å². The highest BCUT2D eigenvalue weighted by Gasteiger charge is 2.21. The van der Waals surface area contributed by atoms with Crippen LogP contribution < -0.4 is 5.73 Å². The summed E-state index contributed by atoms with van der Waals surface area (Å²) < 4.78 is 29.9. The summed E-state index contributed by atoms with van der Waals surface area (Å²) in [6.07, 6.45) is 2.85. The Balaban J connectivity index is 1.69. The zero-order valence-electron chi connectivity index (χ0n) is 15.0. The third-order valence-electron chi connectivity index (χ3n) is 4.51. The van der Waals surface area contributed by atoms with Crippen LogP contribution in [-0.2, 0) is 11.0 Å². The minimum absolute atomic E-state index is 0.285. The Morgan fingerprint density at radius 2 is 1.82 bits per heavy atom. The summed E-state index contributed by atoms with van der Waals surface area (Å²) in [5.74, 6) is 1.82. The molecular formula is C20H19FN4OS2. The average molecular weight is 415 g/mol. The monoisotopic (exact) mass is 414 g/mol. The van der Waals surface area contributed by atoms with E-state index in [0.717, 1.165) is 30.2 Å². The van der Waals surface area contributed by atoms with Gasteiger partial charge in [-0.2, -0.15) is 11.8 Å². The molecule has 2 N–H and O–H groups in total. The third-order valence-corrected chi connectivity index (χ3v) is 7.02. The van der Waals surface area contributed by atoms with Crippen molar-refractivity contribution in [3.63, 3.8) is 0 Å². The van der Waals surface area contributed by atoms with Crippen molar-refractivity contribution in [2.75, 3.05) is 30.3 Å². The van der Waals surface area contributed by atoms with E-state index in [2.05, 4.69) is 9.97 Å². The van der Waals surface area contributed by atoms with Crippen molar-refractivity contribution in [1.82, 2.24) is 14.3 Å². The van der Waals surface area contributed by atoms with Crippen LogP contribution in [0.5, 0.6) is 0 Å². The fourth-order valence-electron chi connectivity index (χ4n) is 3.08. The molecule has 1 aromatic heterocycles. The maximum Gasteiger partial charge on any atom is 0.141 e. The number of nitrogen functional groups attached to an aromatic ring is 1. The van der Waals surface area contributed by atoms with Gasteiger partial charge >= 0.3 is 0 Å². The highest BCUT2D eigenvalue weighted by atomic mass is 32.2. The second-order valence-electron chi connectivity index (χ2n) is 6.31. The van der Waals surface area contributed by atoms with Gasteiger partial charge in [-0.3, -0.25) is 4.98 Å². The van der Waals surface area contributed by atoms with Gasteiger partial charge in [-0.05, 0) is 29.3 Å². The Morgan fingerprint density at radius 1 is 1.04 bits per heavy atom. The van der Waals surface area contributed by atoms with Crippen molar-refractivity contribution in [2.45, 2.75) is 4.90 Å². The normalized spacial score (nSPS) is 16.0. The molecule has 0 aliphatic carbocycles. The topological polar surface area (TPSA) is 72.1 Å². The predicted octanol–water partition coefficient (Wildman–Crippen LogP) is 3.60. The highest BCUT2D eigenvalue weighted by Crippen LogP contribution is 2.31. The summed E-state index contributed by atoms with van der Waals surface area (Å²) in [5.41, 5.74) is 7.77. The van der Waals surface area contributed by atoms with Gasteiger partial charge in [0.2, 0.25) is 0 Å². The Morgan fingerprint density at radius 3 is 2.54 bits per heavy atom. The number of hydrogen-bond acceptors (Lipinski definition) is 5. The number of anilines is 1. The molecule has 1 atom stereocenters. The summed E-state index contributed by atoms with van der Waals surface area (Å²) in [4.78, 5) is 8.80. The van der Waals surface area contributed by atoms with Gasteiger partial charge in [0.15, 0.2) is 0 Å². The molecule has 28 heavy (non-hydrogen) atoms. The van der Waals surface area contributed by atoms with E-state index in [1.807, 2.05) is 46.4 Å². The molecule has 4 rings (SSSR count). The number of rotatable bonds is 4. The van der Waals surface area contributed by atoms with Gasteiger partial charge in [0, 0.05) is 30.2 Å². The molecule has 2 aromatic carbocycles. The molecule has 1 saturated heterocycles. The van der Waals surface area contributed by atoms with E-state index in [9.17, 15) is 8.60 Å². The van der Waals surface area contributed by atoms with E-state index in [-0.39, 0.29) is 5.82 Å². The van der Waals surface area contributed by atoms with Crippen LogP contribution in [0.4, 0.5) is 10.2 Å². The third kappa shape index (κ3) is 3.94. The standard InChI is InChI=1S/C20H19FN4OS2/c21-17-11-14(5-6-16(17)18-12-24-20(22)13-23-18)15-3-1-2-4-19(15)28(26)25-7-9-27-10-8-25/h1-6,11-13H,7-10H2,(H2,22,24). The molecule has 1 aliphatic heterocycles. The predicted molar refractivity (Wildman–Crippen MR) is 113 cm³/mol. The van der Waals surface area contributed by atoms with Crippen molar-refractivity contribution in [3.8, 4) is 22.4 Å². The van der Waals surface area contributed by atoms with Gasteiger partial charge in [0.25, 0.3) is 0 Å². The maximum atomic E-state index is 14.8. The maximum absolute atomic E-state index is 14.8. The smallest absolute Gasteiger partial charge is 0.141 e. The first kappa shape index (κ1) is 19.0. The zero-order valence-corrected chi connectivity index (χ0v) is 16.7. The second kappa shape index (κ2) is 8.38. The van der Waals surface area contributed by atoms with E-state index in [1.54, 1.807) is 6.07 Å². The molecule has 1 unspecified atom stereocenters. The quantitative estimate of drug-likeness (QED) is 0.706. The summed E-state index contributed by atoms with van der Waals surface area (Å²) in [5, 5.41) is 0. The van der Waals surface area contributed by atoms with Crippen LogP contribution in [0.1, 0.15) is 0 Å². The van der Waals surface area contributed by atoms with E-state index in [0.29, 0.717) is 21.7 Å². The van der Waals surface area contributed by atoms with Crippen LogP contribution in [0.2, 0.25) is 0 Å². The number of nitrogens with zero attached hydrogens (tertiary/aromatic N) is 3. The molecule has 0 amide bonds. The lowest BCUT2D eigenvalue weighted by Gasteiger charge is -2.25. The summed E-state index contributed by atoms with van der Waals surface area (Å²) in [6.45, 7) is 1.57. The molecule has 0 saturated carbocycles. The highest BCUT2D eigenvalue weighted by molar-refractivity contribution is 7.99. The molecule has 3 aromatic rings. The van der Waals surface area contributed by atoms with Crippen molar-refractivity contribution >= 4 is 28.6 Å². The number of hydrogen-bond donors (Lipinski definition) is 1.